The monoisotopic (exact) mass is 194 g/mol. The van der Waals surface area contributed by atoms with E-state index in [1.54, 1.807) is 18.2 Å². The average Bonchev–Trinajstić information content (AvgIpc) is 2.27. The summed E-state index contributed by atoms with van der Waals surface area (Å²) in [6.45, 7) is 4.74. The molecule has 1 heterocycles. The molecule has 1 aliphatic rings. The number of aromatic hydroxyl groups is 1. The van der Waals surface area contributed by atoms with Crippen LogP contribution in [0.5, 0.6) is 17.2 Å². The van der Waals surface area contributed by atoms with Crippen molar-refractivity contribution in [1.82, 2.24) is 0 Å². The summed E-state index contributed by atoms with van der Waals surface area (Å²) < 4.78 is 11.2. The Morgan fingerprint density at radius 3 is 2.86 bits per heavy atom. The molecule has 0 amide bonds. The van der Waals surface area contributed by atoms with Crippen molar-refractivity contribution in [1.29, 1.82) is 0 Å². The van der Waals surface area contributed by atoms with E-state index in [0.29, 0.717) is 24.0 Å². The highest BCUT2D eigenvalue weighted by atomic mass is 16.5. The minimum absolute atomic E-state index is 0.109. The lowest BCUT2D eigenvalue weighted by molar-refractivity contribution is 0.149. The second-order valence-electron chi connectivity index (χ2n) is 3.74. The summed E-state index contributed by atoms with van der Waals surface area (Å²) in [6, 6.07) is 4.92. The lowest BCUT2D eigenvalue weighted by Gasteiger charge is -2.15. The molecule has 3 heteroatoms. The second kappa shape index (κ2) is 3.40. The van der Waals surface area contributed by atoms with Crippen LogP contribution in [0.1, 0.15) is 13.8 Å². The highest BCUT2D eigenvalue weighted by Gasteiger charge is 2.21. The van der Waals surface area contributed by atoms with Crippen LogP contribution in [-0.4, -0.2) is 17.8 Å². The highest BCUT2D eigenvalue weighted by molar-refractivity contribution is 5.45. The van der Waals surface area contributed by atoms with Gasteiger partial charge in [-0.05, 0) is 19.1 Å². The van der Waals surface area contributed by atoms with Crippen LogP contribution >= 0.6 is 0 Å². The number of benzene rings is 1. The topological polar surface area (TPSA) is 38.7 Å². The molecular weight excluding hydrogens is 180 g/mol. The van der Waals surface area contributed by atoms with Crippen molar-refractivity contribution in [2.45, 2.75) is 20.0 Å². The molecule has 2 atom stereocenters. The first-order valence-corrected chi connectivity index (χ1v) is 4.79. The number of phenols is 1. The van der Waals surface area contributed by atoms with Crippen molar-refractivity contribution >= 4 is 0 Å². The quantitative estimate of drug-likeness (QED) is 0.688. The lowest BCUT2D eigenvalue weighted by atomic mass is 10.1. The van der Waals surface area contributed by atoms with Crippen LogP contribution in [0.15, 0.2) is 18.2 Å². The minimum atomic E-state index is 0.109. The van der Waals surface area contributed by atoms with Gasteiger partial charge in [0.1, 0.15) is 11.9 Å². The van der Waals surface area contributed by atoms with Gasteiger partial charge in [-0.15, -0.1) is 0 Å². The summed E-state index contributed by atoms with van der Waals surface area (Å²) in [5, 5.41) is 9.30. The molecule has 0 saturated carbocycles. The Hall–Kier alpha value is -1.38. The summed E-state index contributed by atoms with van der Waals surface area (Å²) in [4.78, 5) is 0. The normalized spacial score (nSPS) is 25.6. The second-order valence-corrected chi connectivity index (χ2v) is 3.74. The Morgan fingerprint density at radius 1 is 1.29 bits per heavy atom. The van der Waals surface area contributed by atoms with Gasteiger partial charge in [-0.25, -0.2) is 0 Å². The summed E-state index contributed by atoms with van der Waals surface area (Å²) >= 11 is 0. The molecule has 76 valence electrons. The highest BCUT2D eigenvalue weighted by Crippen LogP contribution is 2.34. The van der Waals surface area contributed by atoms with Gasteiger partial charge < -0.3 is 14.6 Å². The Kier molecular flexibility index (Phi) is 2.23. The van der Waals surface area contributed by atoms with Crippen molar-refractivity contribution in [2.75, 3.05) is 6.61 Å². The number of phenolic OH excluding ortho intramolecular Hbond substituents is 1. The molecule has 0 aromatic heterocycles. The van der Waals surface area contributed by atoms with Crippen molar-refractivity contribution in [3.63, 3.8) is 0 Å². The van der Waals surface area contributed by atoms with Crippen molar-refractivity contribution in [2.24, 2.45) is 5.92 Å². The molecule has 0 radical (unpaired) electrons. The van der Waals surface area contributed by atoms with E-state index >= 15 is 0 Å². The zero-order chi connectivity index (χ0) is 10.1. The van der Waals surface area contributed by atoms with Gasteiger partial charge in [-0.3, -0.25) is 0 Å². The van der Waals surface area contributed by atoms with E-state index in [0.717, 1.165) is 0 Å². The molecule has 2 unspecified atom stereocenters. The van der Waals surface area contributed by atoms with Gasteiger partial charge in [0, 0.05) is 12.0 Å². The van der Waals surface area contributed by atoms with Crippen LogP contribution in [-0.2, 0) is 0 Å². The van der Waals surface area contributed by atoms with Gasteiger partial charge in [0.15, 0.2) is 11.5 Å². The average molecular weight is 194 g/mol. The lowest BCUT2D eigenvalue weighted by Crippen LogP contribution is -2.23. The molecule has 3 nitrogen and oxygen atoms in total. The van der Waals surface area contributed by atoms with Crippen LogP contribution < -0.4 is 9.47 Å². The molecule has 1 N–H and O–H groups in total. The molecular formula is C11H14O3. The largest absolute Gasteiger partial charge is 0.508 e. The predicted octanol–water partition coefficient (Wildman–Crippen LogP) is 2.19. The van der Waals surface area contributed by atoms with E-state index in [9.17, 15) is 5.11 Å². The standard InChI is InChI=1S/C11H14O3/c1-7-6-13-10-4-3-9(12)5-11(10)14-8(7)2/h3-5,7-8,12H,6H2,1-2H3. The molecule has 0 fully saturated rings. The number of hydrogen-bond acceptors (Lipinski definition) is 3. The molecule has 1 aliphatic heterocycles. The van der Waals surface area contributed by atoms with Crippen LogP contribution in [0.2, 0.25) is 0 Å². The smallest absolute Gasteiger partial charge is 0.165 e. The minimum Gasteiger partial charge on any atom is -0.508 e. The maximum Gasteiger partial charge on any atom is 0.165 e. The zero-order valence-corrected chi connectivity index (χ0v) is 8.36. The Bertz CT molecular complexity index is 335. The molecule has 0 bridgehead atoms. The Morgan fingerprint density at radius 2 is 2.07 bits per heavy atom. The van der Waals surface area contributed by atoms with Gasteiger partial charge in [-0.2, -0.15) is 0 Å². The fourth-order valence-electron chi connectivity index (χ4n) is 1.38. The van der Waals surface area contributed by atoms with Crippen LogP contribution in [0.25, 0.3) is 0 Å². The summed E-state index contributed by atoms with van der Waals surface area (Å²) in [5.41, 5.74) is 0. The Balaban J connectivity index is 2.33. The third-order valence-corrected chi connectivity index (χ3v) is 2.54. The summed E-state index contributed by atoms with van der Waals surface area (Å²) in [7, 11) is 0. The summed E-state index contributed by atoms with van der Waals surface area (Å²) in [5.74, 6) is 1.89. The Labute approximate surface area is 83.3 Å². The van der Waals surface area contributed by atoms with E-state index in [-0.39, 0.29) is 11.9 Å². The van der Waals surface area contributed by atoms with Crippen LogP contribution in [0.3, 0.4) is 0 Å². The van der Waals surface area contributed by atoms with Crippen molar-refractivity contribution in [3.8, 4) is 17.2 Å². The van der Waals surface area contributed by atoms with Crippen LogP contribution in [0.4, 0.5) is 0 Å². The number of ether oxygens (including phenoxy) is 2. The molecule has 1 aromatic carbocycles. The van der Waals surface area contributed by atoms with E-state index in [1.807, 2.05) is 6.92 Å². The number of rotatable bonds is 0. The van der Waals surface area contributed by atoms with E-state index < -0.39 is 0 Å². The zero-order valence-electron chi connectivity index (χ0n) is 8.36. The SMILES string of the molecule is CC1COc2ccc(O)cc2OC1C. The number of hydrogen-bond donors (Lipinski definition) is 1. The van der Waals surface area contributed by atoms with Gasteiger partial charge in [0.05, 0.1) is 6.61 Å². The molecule has 0 aliphatic carbocycles. The van der Waals surface area contributed by atoms with E-state index in [4.69, 9.17) is 9.47 Å². The fourth-order valence-corrected chi connectivity index (χ4v) is 1.38. The van der Waals surface area contributed by atoms with Gasteiger partial charge in [0.25, 0.3) is 0 Å². The molecule has 2 rings (SSSR count). The van der Waals surface area contributed by atoms with Crippen molar-refractivity contribution in [3.05, 3.63) is 18.2 Å². The number of fused-ring (bicyclic) bond motifs is 1. The molecule has 0 saturated heterocycles. The van der Waals surface area contributed by atoms with Crippen molar-refractivity contribution < 1.29 is 14.6 Å². The predicted molar refractivity (Wildman–Crippen MR) is 52.9 cm³/mol. The summed E-state index contributed by atoms with van der Waals surface area (Å²) in [6.07, 6.45) is 0.109. The fraction of sp³-hybridized carbons (Fsp3) is 0.455. The van der Waals surface area contributed by atoms with E-state index in [1.165, 1.54) is 0 Å². The maximum atomic E-state index is 9.30. The van der Waals surface area contributed by atoms with Crippen LogP contribution in [0, 0.1) is 5.92 Å². The van der Waals surface area contributed by atoms with Gasteiger partial charge in [0.2, 0.25) is 0 Å². The van der Waals surface area contributed by atoms with Gasteiger partial charge in [-0.1, -0.05) is 6.92 Å². The molecule has 14 heavy (non-hydrogen) atoms. The first-order chi connectivity index (χ1) is 6.66. The van der Waals surface area contributed by atoms with E-state index in [2.05, 4.69) is 6.92 Å². The third-order valence-electron chi connectivity index (χ3n) is 2.54. The maximum absolute atomic E-state index is 9.30. The first-order valence-electron chi connectivity index (χ1n) is 4.79. The third kappa shape index (κ3) is 1.62. The first kappa shape index (κ1) is 9.19. The molecule has 0 spiro atoms. The van der Waals surface area contributed by atoms with Gasteiger partial charge >= 0.3 is 0 Å². The molecule has 1 aromatic rings.